The fraction of sp³-hybridized carbons (Fsp3) is 0.316. The molecule has 6 heteroatoms. The summed E-state index contributed by atoms with van der Waals surface area (Å²) in [4.78, 5) is 16.6. The predicted octanol–water partition coefficient (Wildman–Crippen LogP) is 2.68. The number of halogens is 1. The number of para-hydroxylation sites is 2. The Morgan fingerprint density at radius 1 is 1.12 bits per heavy atom. The van der Waals surface area contributed by atoms with Crippen molar-refractivity contribution in [2.24, 2.45) is 0 Å². The van der Waals surface area contributed by atoms with E-state index in [0.717, 1.165) is 18.8 Å². The van der Waals surface area contributed by atoms with Gasteiger partial charge in [-0.25, -0.2) is 4.39 Å². The lowest BCUT2D eigenvalue weighted by Gasteiger charge is -2.38. The highest BCUT2D eigenvalue weighted by atomic mass is 19.1. The minimum absolute atomic E-state index is 0.151. The Kier molecular flexibility index (Phi) is 5.19. The Morgan fingerprint density at radius 3 is 2.52 bits per heavy atom. The van der Waals surface area contributed by atoms with Gasteiger partial charge in [-0.05, 0) is 37.3 Å². The summed E-state index contributed by atoms with van der Waals surface area (Å²) >= 11 is 0. The van der Waals surface area contributed by atoms with Gasteiger partial charge in [0, 0.05) is 31.9 Å². The Balaban J connectivity index is 1.57. The number of hydrogen-bond donors (Lipinski definition) is 2. The summed E-state index contributed by atoms with van der Waals surface area (Å²) in [6, 6.07) is 12.9. The number of anilines is 2. The van der Waals surface area contributed by atoms with E-state index < -0.39 is 0 Å². The second kappa shape index (κ2) is 7.53. The van der Waals surface area contributed by atoms with Gasteiger partial charge in [0.25, 0.3) is 0 Å². The van der Waals surface area contributed by atoms with Crippen molar-refractivity contribution in [3.8, 4) is 5.75 Å². The molecule has 25 heavy (non-hydrogen) atoms. The molecule has 132 valence electrons. The monoisotopic (exact) mass is 343 g/mol. The zero-order chi connectivity index (χ0) is 17.8. The normalized spacial score (nSPS) is 16.5. The molecule has 0 radical (unpaired) electrons. The van der Waals surface area contributed by atoms with Crippen LogP contribution < -0.4 is 10.2 Å². The summed E-state index contributed by atoms with van der Waals surface area (Å²) < 4.78 is 13.2. The van der Waals surface area contributed by atoms with E-state index in [-0.39, 0.29) is 23.5 Å². The van der Waals surface area contributed by atoms with Crippen LogP contribution in [0.3, 0.4) is 0 Å². The number of nitrogens with zero attached hydrogens (tertiary/aromatic N) is 2. The Labute approximate surface area is 146 Å². The highest BCUT2D eigenvalue weighted by Gasteiger charge is 2.26. The van der Waals surface area contributed by atoms with Crippen LogP contribution in [0, 0.1) is 5.82 Å². The first-order valence-electron chi connectivity index (χ1n) is 8.38. The van der Waals surface area contributed by atoms with Gasteiger partial charge in [-0.3, -0.25) is 9.69 Å². The molecule has 3 rings (SSSR count). The summed E-state index contributed by atoms with van der Waals surface area (Å²) in [6.45, 7) is 4.74. The highest BCUT2D eigenvalue weighted by Crippen LogP contribution is 2.27. The first-order chi connectivity index (χ1) is 12.0. The molecule has 2 aromatic carbocycles. The van der Waals surface area contributed by atoms with E-state index >= 15 is 0 Å². The van der Waals surface area contributed by atoms with Crippen LogP contribution in [0.2, 0.25) is 0 Å². The average Bonchev–Trinajstić information content (AvgIpc) is 2.62. The molecule has 1 fully saturated rings. The third kappa shape index (κ3) is 4.09. The molecule has 0 aliphatic carbocycles. The highest BCUT2D eigenvalue weighted by molar-refractivity contribution is 5.94. The molecule has 0 aromatic heterocycles. The fourth-order valence-electron chi connectivity index (χ4n) is 3.06. The number of phenols is 1. The Hall–Kier alpha value is -2.60. The van der Waals surface area contributed by atoms with Crippen LogP contribution in [-0.2, 0) is 4.79 Å². The molecule has 1 aliphatic heterocycles. The zero-order valence-electron chi connectivity index (χ0n) is 14.2. The van der Waals surface area contributed by atoms with Gasteiger partial charge in [-0.15, -0.1) is 0 Å². The minimum Gasteiger partial charge on any atom is -0.506 e. The van der Waals surface area contributed by atoms with Gasteiger partial charge in [-0.2, -0.15) is 0 Å². The lowest BCUT2D eigenvalue weighted by Crippen LogP contribution is -2.52. The molecule has 1 saturated heterocycles. The maximum atomic E-state index is 13.2. The largest absolute Gasteiger partial charge is 0.506 e. The van der Waals surface area contributed by atoms with Gasteiger partial charge >= 0.3 is 0 Å². The van der Waals surface area contributed by atoms with Crippen molar-refractivity contribution < 1.29 is 14.3 Å². The van der Waals surface area contributed by atoms with E-state index in [9.17, 15) is 14.3 Å². The number of piperazine rings is 1. The third-order valence-electron chi connectivity index (χ3n) is 4.56. The molecule has 1 unspecified atom stereocenters. The molecule has 0 spiro atoms. The quantitative estimate of drug-likeness (QED) is 0.896. The number of benzene rings is 2. The lowest BCUT2D eigenvalue weighted by atomic mass is 10.2. The van der Waals surface area contributed by atoms with Crippen LogP contribution in [-0.4, -0.2) is 48.1 Å². The van der Waals surface area contributed by atoms with E-state index in [1.54, 1.807) is 24.3 Å². The molecule has 2 aromatic rings. The van der Waals surface area contributed by atoms with E-state index in [0.29, 0.717) is 18.8 Å². The standard InChI is InChI=1S/C19H22FN3O2/c1-14(19(25)21-16-6-4-5-15(20)13-16)22-9-11-23(12-10-22)17-7-2-3-8-18(17)24/h2-8,13-14,24H,9-12H2,1H3,(H,21,25). The van der Waals surface area contributed by atoms with Gasteiger partial charge in [0.15, 0.2) is 0 Å². The number of nitrogens with one attached hydrogen (secondary N) is 1. The molecular formula is C19H22FN3O2. The number of phenolic OH excluding ortho intramolecular Hbond substituents is 1. The van der Waals surface area contributed by atoms with Gasteiger partial charge in [0.1, 0.15) is 11.6 Å². The number of carbonyl (C=O) groups is 1. The van der Waals surface area contributed by atoms with Crippen LogP contribution in [0.1, 0.15) is 6.92 Å². The maximum Gasteiger partial charge on any atom is 0.241 e. The minimum atomic E-state index is -0.373. The molecule has 0 bridgehead atoms. The van der Waals surface area contributed by atoms with Crippen LogP contribution in [0.4, 0.5) is 15.8 Å². The molecule has 0 saturated carbocycles. The predicted molar refractivity (Wildman–Crippen MR) is 96.4 cm³/mol. The Morgan fingerprint density at radius 2 is 1.84 bits per heavy atom. The van der Waals surface area contributed by atoms with Crippen molar-refractivity contribution >= 4 is 17.3 Å². The van der Waals surface area contributed by atoms with E-state index in [1.165, 1.54) is 12.1 Å². The topological polar surface area (TPSA) is 55.8 Å². The van der Waals surface area contributed by atoms with Gasteiger partial charge in [0.2, 0.25) is 5.91 Å². The summed E-state index contributed by atoms with van der Waals surface area (Å²) in [5.74, 6) is -0.254. The second-order valence-corrected chi connectivity index (χ2v) is 6.19. The first-order valence-corrected chi connectivity index (χ1v) is 8.38. The van der Waals surface area contributed by atoms with Crippen LogP contribution >= 0.6 is 0 Å². The average molecular weight is 343 g/mol. The second-order valence-electron chi connectivity index (χ2n) is 6.19. The molecule has 1 amide bonds. The Bertz CT molecular complexity index is 745. The molecule has 5 nitrogen and oxygen atoms in total. The maximum absolute atomic E-state index is 13.2. The van der Waals surface area contributed by atoms with Gasteiger partial charge in [0.05, 0.1) is 11.7 Å². The smallest absolute Gasteiger partial charge is 0.241 e. The zero-order valence-corrected chi connectivity index (χ0v) is 14.2. The van der Waals surface area contributed by atoms with Crippen molar-refractivity contribution in [3.63, 3.8) is 0 Å². The number of hydrogen-bond acceptors (Lipinski definition) is 4. The van der Waals surface area contributed by atoms with Crippen LogP contribution in [0.25, 0.3) is 0 Å². The molecule has 1 atom stereocenters. The molecule has 2 N–H and O–H groups in total. The summed E-state index contributed by atoms with van der Waals surface area (Å²) in [6.07, 6.45) is 0. The lowest BCUT2D eigenvalue weighted by molar-refractivity contribution is -0.120. The van der Waals surface area contributed by atoms with Gasteiger partial charge < -0.3 is 15.3 Å². The van der Waals surface area contributed by atoms with E-state index in [2.05, 4.69) is 15.1 Å². The van der Waals surface area contributed by atoms with Crippen molar-refractivity contribution in [2.75, 3.05) is 36.4 Å². The number of rotatable bonds is 4. The molecule has 1 aliphatic rings. The number of carbonyl (C=O) groups excluding carboxylic acids is 1. The van der Waals surface area contributed by atoms with Crippen molar-refractivity contribution in [1.29, 1.82) is 0 Å². The summed E-state index contributed by atoms with van der Waals surface area (Å²) in [7, 11) is 0. The summed E-state index contributed by atoms with van der Waals surface area (Å²) in [5.41, 5.74) is 1.28. The van der Waals surface area contributed by atoms with Crippen molar-refractivity contribution in [1.82, 2.24) is 4.90 Å². The molecular weight excluding hydrogens is 321 g/mol. The summed E-state index contributed by atoms with van der Waals surface area (Å²) in [5, 5.41) is 12.7. The van der Waals surface area contributed by atoms with E-state index in [1.807, 2.05) is 19.1 Å². The third-order valence-corrected chi connectivity index (χ3v) is 4.56. The fourth-order valence-corrected chi connectivity index (χ4v) is 3.06. The van der Waals surface area contributed by atoms with Crippen LogP contribution in [0.15, 0.2) is 48.5 Å². The number of aromatic hydroxyl groups is 1. The van der Waals surface area contributed by atoms with Gasteiger partial charge in [-0.1, -0.05) is 18.2 Å². The van der Waals surface area contributed by atoms with Crippen LogP contribution in [0.5, 0.6) is 5.75 Å². The van der Waals surface area contributed by atoms with E-state index in [4.69, 9.17) is 0 Å². The van der Waals surface area contributed by atoms with Crippen molar-refractivity contribution in [3.05, 3.63) is 54.3 Å². The first kappa shape index (κ1) is 17.2. The SMILES string of the molecule is CC(C(=O)Nc1cccc(F)c1)N1CCN(c2ccccc2O)CC1. The van der Waals surface area contributed by atoms with Crippen molar-refractivity contribution in [2.45, 2.75) is 13.0 Å². The number of amides is 1. The molecule has 1 heterocycles.